The molecule has 2 unspecified atom stereocenters. The summed E-state index contributed by atoms with van der Waals surface area (Å²) in [6.07, 6.45) is 7.11. The third kappa shape index (κ3) is 3.73. The van der Waals surface area contributed by atoms with E-state index in [1.165, 1.54) is 11.3 Å². The van der Waals surface area contributed by atoms with Crippen molar-refractivity contribution in [2.45, 2.75) is 31.8 Å². The van der Waals surface area contributed by atoms with E-state index in [-0.39, 0.29) is 24.8 Å². The Morgan fingerprint density at radius 3 is 2.93 bits per heavy atom. The summed E-state index contributed by atoms with van der Waals surface area (Å²) >= 11 is 1.50. The summed E-state index contributed by atoms with van der Waals surface area (Å²) in [6, 6.07) is 0. The van der Waals surface area contributed by atoms with E-state index in [1.54, 1.807) is 12.4 Å². The van der Waals surface area contributed by atoms with Crippen LogP contribution in [0.3, 0.4) is 0 Å². The summed E-state index contributed by atoms with van der Waals surface area (Å²) in [5.41, 5.74) is 0. The molecule has 15 heavy (non-hydrogen) atoms. The number of aliphatic imine (C=N–C) groups is 1. The maximum Gasteiger partial charge on any atom is 1.00 e. The molecule has 1 fully saturated rings. The van der Waals surface area contributed by atoms with E-state index in [9.17, 15) is 5.11 Å². The molecule has 1 aliphatic rings. The molecule has 2 rings (SSSR count). The van der Waals surface area contributed by atoms with Crippen LogP contribution in [0.15, 0.2) is 16.6 Å². The smallest absolute Gasteiger partial charge is 0.851 e. The van der Waals surface area contributed by atoms with E-state index in [0.717, 1.165) is 30.8 Å². The van der Waals surface area contributed by atoms with Gasteiger partial charge in [-0.25, -0.2) is 9.98 Å². The molecular formula is C10H13LiN2OS. The second-order valence-corrected chi connectivity index (χ2v) is 4.45. The second kappa shape index (κ2) is 6.44. The van der Waals surface area contributed by atoms with Crippen molar-refractivity contribution in [1.82, 2.24) is 4.98 Å². The van der Waals surface area contributed by atoms with Crippen LogP contribution in [0.2, 0.25) is 0 Å². The van der Waals surface area contributed by atoms with Gasteiger partial charge in [-0.15, -0.1) is 17.4 Å². The maximum atomic E-state index is 11.5. The molecule has 76 valence electrons. The minimum Gasteiger partial charge on any atom is -0.851 e. The molecule has 1 saturated carbocycles. The first-order chi connectivity index (χ1) is 6.86. The van der Waals surface area contributed by atoms with Crippen molar-refractivity contribution in [3.8, 4) is 0 Å². The fourth-order valence-electron chi connectivity index (χ4n) is 1.74. The van der Waals surface area contributed by atoms with Gasteiger partial charge in [-0.3, -0.25) is 0 Å². The molecule has 1 heterocycles. The number of hydrogen-bond acceptors (Lipinski definition) is 4. The van der Waals surface area contributed by atoms with Crippen molar-refractivity contribution in [2.75, 3.05) is 0 Å². The maximum absolute atomic E-state index is 11.5. The third-order valence-corrected chi connectivity index (χ3v) is 3.23. The fraction of sp³-hybridized carbons (Fsp3) is 0.600. The zero-order valence-corrected chi connectivity index (χ0v) is 9.74. The van der Waals surface area contributed by atoms with E-state index < -0.39 is 6.10 Å². The minimum absolute atomic E-state index is 0. The number of rotatable bonds is 2. The van der Waals surface area contributed by atoms with E-state index in [0.29, 0.717) is 0 Å². The second-order valence-electron chi connectivity index (χ2n) is 3.58. The molecule has 3 nitrogen and oxygen atoms in total. The molecule has 0 aromatic carbocycles. The molecular weight excluding hydrogens is 203 g/mol. The van der Waals surface area contributed by atoms with Gasteiger partial charge in [0.15, 0.2) is 0 Å². The van der Waals surface area contributed by atoms with Gasteiger partial charge in [0.05, 0.1) is 0 Å². The van der Waals surface area contributed by atoms with E-state index in [1.807, 2.05) is 5.38 Å². The fourth-order valence-corrected chi connectivity index (χ4v) is 2.22. The summed E-state index contributed by atoms with van der Waals surface area (Å²) in [5.74, 6) is 0.118. The summed E-state index contributed by atoms with van der Waals surface area (Å²) in [6.45, 7) is 0. The Hall–Kier alpha value is -0.143. The van der Waals surface area contributed by atoms with Gasteiger partial charge in [-0.2, -0.15) is 0 Å². The topological polar surface area (TPSA) is 48.3 Å². The van der Waals surface area contributed by atoms with Gasteiger partial charge in [0.2, 0.25) is 5.13 Å². The molecule has 0 amide bonds. The molecule has 0 radical (unpaired) electrons. The Morgan fingerprint density at radius 2 is 2.27 bits per heavy atom. The number of aromatic nitrogens is 1. The standard InChI is InChI=1S/C10H13N2OS.Li/c13-9-4-2-1-3-8(9)7-12-10-11-5-6-14-10;/h5-9H,1-4H2;/q-1;+1/b12-7+;. The minimum atomic E-state index is -0.451. The molecule has 1 aromatic heterocycles. The van der Waals surface area contributed by atoms with Gasteiger partial charge in [0.25, 0.3) is 0 Å². The molecule has 0 aliphatic heterocycles. The Kier molecular flexibility index (Phi) is 5.55. The van der Waals surface area contributed by atoms with E-state index >= 15 is 0 Å². The normalized spacial score (nSPS) is 26.5. The van der Waals surface area contributed by atoms with Crippen LogP contribution in [0.4, 0.5) is 5.13 Å². The van der Waals surface area contributed by atoms with Crippen LogP contribution in [0, 0.1) is 5.92 Å². The molecule has 1 aromatic rings. The summed E-state index contributed by atoms with van der Waals surface area (Å²) in [7, 11) is 0. The average molecular weight is 216 g/mol. The number of hydrogen-bond donors (Lipinski definition) is 0. The first kappa shape index (κ1) is 12.9. The van der Waals surface area contributed by atoms with Crippen molar-refractivity contribution in [2.24, 2.45) is 10.9 Å². The predicted octanol–water partition coefficient (Wildman–Crippen LogP) is -1.23. The molecule has 0 bridgehead atoms. The van der Waals surface area contributed by atoms with E-state index in [4.69, 9.17) is 0 Å². The van der Waals surface area contributed by atoms with Gasteiger partial charge >= 0.3 is 18.9 Å². The first-order valence-electron chi connectivity index (χ1n) is 4.96. The van der Waals surface area contributed by atoms with Crippen LogP contribution in [0.25, 0.3) is 0 Å². The third-order valence-electron chi connectivity index (χ3n) is 2.55. The molecule has 0 N–H and O–H groups in total. The zero-order valence-electron chi connectivity index (χ0n) is 8.93. The van der Waals surface area contributed by atoms with Gasteiger partial charge in [0.1, 0.15) is 0 Å². The van der Waals surface area contributed by atoms with Crippen LogP contribution >= 0.6 is 11.3 Å². The summed E-state index contributed by atoms with van der Waals surface area (Å²) < 4.78 is 0. The van der Waals surface area contributed by atoms with Crippen molar-refractivity contribution < 1.29 is 24.0 Å². The van der Waals surface area contributed by atoms with Gasteiger partial charge in [0, 0.05) is 17.8 Å². The zero-order chi connectivity index (χ0) is 9.80. The molecule has 5 heteroatoms. The Bertz CT molecular complexity index is 302. The first-order valence-corrected chi connectivity index (χ1v) is 5.84. The van der Waals surface area contributed by atoms with Crippen LogP contribution in [-0.4, -0.2) is 17.3 Å². The number of nitrogens with zero attached hydrogens (tertiary/aromatic N) is 2. The van der Waals surface area contributed by atoms with Crippen molar-refractivity contribution in [1.29, 1.82) is 0 Å². The average Bonchev–Trinajstić information content (AvgIpc) is 2.69. The quantitative estimate of drug-likeness (QED) is 0.459. The molecule has 2 atom stereocenters. The Morgan fingerprint density at radius 1 is 1.47 bits per heavy atom. The van der Waals surface area contributed by atoms with Crippen molar-refractivity contribution in [3.05, 3.63) is 11.6 Å². The largest absolute Gasteiger partial charge is 1.00 e. The van der Waals surface area contributed by atoms with Crippen molar-refractivity contribution >= 4 is 22.7 Å². The Labute approximate surface area is 106 Å². The van der Waals surface area contributed by atoms with Crippen LogP contribution in [-0.2, 0) is 0 Å². The van der Waals surface area contributed by atoms with Crippen LogP contribution < -0.4 is 24.0 Å². The predicted molar refractivity (Wildman–Crippen MR) is 56.0 cm³/mol. The Balaban J connectivity index is 0.00000112. The monoisotopic (exact) mass is 216 g/mol. The van der Waals surface area contributed by atoms with Crippen LogP contribution in [0.5, 0.6) is 0 Å². The number of thiazole rings is 1. The van der Waals surface area contributed by atoms with E-state index in [2.05, 4.69) is 9.98 Å². The molecule has 0 spiro atoms. The van der Waals surface area contributed by atoms with Crippen LogP contribution in [0.1, 0.15) is 25.7 Å². The molecule has 0 saturated heterocycles. The summed E-state index contributed by atoms with van der Waals surface area (Å²) in [4.78, 5) is 8.27. The SMILES string of the molecule is [Li+].[O-]C1CCCCC1/C=N/c1nccs1. The van der Waals surface area contributed by atoms with Gasteiger partial charge in [-0.1, -0.05) is 19.3 Å². The van der Waals surface area contributed by atoms with Crippen molar-refractivity contribution in [3.63, 3.8) is 0 Å². The van der Waals surface area contributed by atoms with Gasteiger partial charge < -0.3 is 5.11 Å². The molecule has 1 aliphatic carbocycles. The summed E-state index contributed by atoms with van der Waals surface area (Å²) in [5, 5.41) is 14.2. The van der Waals surface area contributed by atoms with Gasteiger partial charge in [-0.05, 0) is 12.3 Å².